The normalized spacial score (nSPS) is 14.5. The Morgan fingerprint density at radius 2 is 2.03 bits per heavy atom. The number of carbonyl (C=O) groups is 2. The summed E-state index contributed by atoms with van der Waals surface area (Å²) in [6, 6.07) is 1.83. The SMILES string of the molecule is CCn1ncc2c(NC3CCOCC3)c(C(=O)NNC(=O)Cc3cc(C)no3)cnc21. The van der Waals surface area contributed by atoms with Crippen molar-refractivity contribution in [1.29, 1.82) is 0 Å². The summed E-state index contributed by atoms with van der Waals surface area (Å²) < 4.78 is 12.2. The summed E-state index contributed by atoms with van der Waals surface area (Å²) in [7, 11) is 0. The molecule has 0 spiro atoms. The van der Waals surface area contributed by atoms with Gasteiger partial charge in [0, 0.05) is 38.1 Å². The van der Waals surface area contributed by atoms with Crippen molar-refractivity contribution in [3.05, 3.63) is 35.5 Å². The third kappa shape index (κ3) is 4.66. The zero-order chi connectivity index (χ0) is 21.8. The van der Waals surface area contributed by atoms with Gasteiger partial charge in [0.25, 0.3) is 5.91 Å². The Morgan fingerprint density at radius 3 is 2.74 bits per heavy atom. The van der Waals surface area contributed by atoms with E-state index in [2.05, 4.69) is 31.4 Å². The maximum Gasteiger partial charge on any atom is 0.273 e. The number of aryl methyl sites for hydroxylation is 2. The Kier molecular flexibility index (Phi) is 6.12. The largest absolute Gasteiger partial charge is 0.381 e. The van der Waals surface area contributed by atoms with Crippen molar-refractivity contribution >= 4 is 28.5 Å². The summed E-state index contributed by atoms with van der Waals surface area (Å²) in [4.78, 5) is 29.5. The molecule has 2 amide bonds. The van der Waals surface area contributed by atoms with Gasteiger partial charge in [-0.2, -0.15) is 5.10 Å². The predicted octanol–water partition coefficient (Wildman–Crippen LogP) is 1.34. The van der Waals surface area contributed by atoms with Crippen molar-refractivity contribution in [2.24, 2.45) is 0 Å². The summed E-state index contributed by atoms with van der Waals surface area (Å²) in [5.41, 5.74) is 7.22. The quantitative estimate of drug-likeness (QED) is 0.502. The first-order chi connectivity index (χ1) is 15.0. The Labute approximate surface area is 178 Å². The van der Waals surface area contributed by atoms with E-state index in [1.807, 2.05) is 6.92 Å². The fourth-order valence-corrected chi connectivity index (χ4v) is 3.53. The molecule has 0 saturated carbocycles. The van der Waals surface area contributed by atoms with E-state index >= 15 is 0 Å². The average Bonchev–Trinajstić information content (AvgIpc) is 3.38. The molecule has 11 nitrogen and oxygen atoms in total. The van der Waals surface area contributed by atoms with Crippen LogP contribution in [0.25, 0.3) is 11.0 Å². The number of hydrogen-bond acceptors (Lipinski definition) is 8. The third-order valence-electron chi connectivity index (χ3n) is 5.11. The smallest absolute Gasteiger partial charge is 0.273 e. The number of nitrogens with one attached hydrogen (secondary N) is 3. The number of hydrogen-bond donors (Lipinski definition) is 3. The molecule has 0 unspecified atom stereocenters. The van der Waals surface area contributed by atoms with Gasteiger partial charge in [-0.05, 0) is 26.7 Å². The number of ether oxygens (including phenoxy) is 1. The van der Waals surface area contributed by atoms with Gasteiger partial charge in [-0.3, -0.25) is 20.4 Å². The van der Waals surface area contributed by atoms with E-state index < -0.39 is 11.8 Å². The number of fused-ring (bicyclic) bond motifs is 1. The van der Waals surface area contributed by atoms with E-state index in [0.29, 0.717) is 48.1 Å². The number of pyridine rings is 1. The molecule has 3 aromatic heterocycles. The van der Waals surface area contributed by atoms with Crippen LogP contribution in [0.3, 0.4) is 0 Å². The molecule has 0 atom stereocenters. The highest BCUT2D eigenvalue weighted by atomic mass is 16.5. The predicted molar refractivity (Wildman–Crippen MR) is 111 cm³/mol. The van der Waals surface area contributed by atoms with E-state index in [0.717, 1.165) is 18.2 Å². The maximum absolute atomic E-state index is 12.9. The Bertz CT molecular complexity index is 1080. The van der Waals surface area contributed by atoms with Crippen molar-refractivity contribution in [1.82, 2.24) is 30.8 Å². The van der Waals surface area contributed by atoms with Crippen molar-refractivity contribution in [3.8, 4) is 0 Å². The summed E-state index contributed by atoms with van der Waals surface area (Å²) in [5.74, 6) is -0.479. The molecule has 0 radical (unpaired) electrons. The molecule has 1 saturated heterocycles. The Hall–Kier alpha value is -3.47. The number of hydrazine groups is 1. The molecule has 0 bridgehead atoms. The summed E-state index contributed by atoms with van der Waals surface area (Å²) in [5, 5.41) is 12.3. The van der Waals surface area contributed by atoms with Gasteiger partial charge in [0.1, 0.15) is 5.76 Å². The molecule has 1 aliphatic rings. The Balaban J connectivity index is 1.52. The average molecular weight is 427 g/mol. The molecule has 0 aromatic carbocycles. The van der Waals surface area contributed by atoms with E-state index in [1.165, 1.54) is 6.20 Å². The maximum atomic E-state index is 12.9. The van der Waals surface area contributed by atoms with Gasteiger partial charge < -0.3 is 14.6 Å². The number of anilines is 1. The second kappa shape index (κ2) is 9.13. The molecule has 11 heteroatoms. The highest BCUT2D eigenvalue weighted by Crippen LogP contribution is 2.28. The van der Waals surface area contributed by atoms with Crippen LogP contribution in [-0.2, 0) is 22.5 Å². The van der Waals surface area contributed by atoms with Crippen LogP contribution in [0.15, 0.2) is 23.0 Å². The third-order valence-corrected chi connectivity index (χ3v) is 5.11. The molecule has 4 rings (SSSR count). The standard InChI is InChI=1S/C20H25N7O4/c1-3-27-19-15(11-22-27)18(23-13-4-6-30-7-5-13)16(10-21-19)20(29)25-24-17(28)9-14-8-12(2)26-31-14/h8,10-11,13H,3-7,9H2,1-2H3,(H,21,23)(H,24,28)(H,25,29). The van der Waals surface area contributed by atoms with Gasteiger partial charge in [0.2, 0.25) is 5.91 Å². The first-order valence-electron chi connectivity index (χ1n) is 10.2. The van der Waals surface area contributed by atoms with E-state index in [9.17, 15) is 9.59 Å². The molecule has 3 N–H and O–H groups in total. The summed E-state index contributed by atoms with van der Waals surface area (Å²) >= 11 is 0. The molecule has 0 aliphatic carbocycles. The Morgan fingerprint density at radius 1 is 1.23 bits per heavy atom. The van der Waals surface area contributed by atoms with Crippen LogP contribution in [0.5, 0.6) is 0 Å². The van der Waals surface area contributed by atoms with E-state index in [-0.39, 0.29) is 12.5 Å². The monoisotopic (exact) mass is 427 g/mol. The second-order valence-corrected chi connectivity index (χ2v) is 7.39. The zero-order valence-corrected chi connectivity index (χ0v) is 17.5. The molecule has 4 heterocycles. The van der Waals surface area contributed by atoms with Crippen LogP contribution in [0.2, 0.25) is 0 Å². The minimum absolute atomic E-state index is 0.0329. The molecular formula is C20H25N7O4. The molecule has 164 valence electrons. The second-order valence-electron chi connectivity index (χ2n) is 7.39. The van der Waals surface area contributed by atoms with E-state index in [1.54, 1.807) is 23.9 Å². The van der Waals surface area contributed by atoms with Crippen LogP contribution in [-0.4, -0.2) is 51.0 Å². The number of amides is 2. The van der Waals surface area contributed by atoms with Crippen LogP contribution >= 0.6 is 0 Å². The topological polar surface area (TPSA) is 136 Å². The van der Waals surface area contributed by atoms with Crippen LogP contribution in [0.4, 0.5) is 5.69 Å². The van der Waals surface area contributed by atoms with Gasteiger partial charge in [0.05, 0.1) is 34.9 Å². The fraction of sp³-hybridized carbons (Fsp3) is 0.450. The van der Waals surface area contributed by atoms with Crippen LogP contribution < -0.4 is 16.2 Å². The van der Waals surface area contributed by atoms with Crippen molar-refractivity contribution in [3.63, 3.8) is 0 Å². The highest BCUT2D eigenvalue weighted by molar-refractivity contribution is 6.06. The molecule has 31 heavy (non-hydrogen) atoms. The molecule has 3 aromatic rings. The molecule has 1 aliphatic heterocycles. The van der Waals surface area contributed by atoms with Gasteiger partial charge in [-0.15, -0.1) is 0 Å². The van der Waals surface area contributed by atoms with Crippen molar-refractivity contribution in [2.75, 3.05) is 18.5 Å². The number of rotatable bonds is 6. The van der Waals surface area contributed by atoms with Crippen LogP contribution in [0, 0.1) is 6.92 Å². The van der Waals surface area contributed by atoms with E-state index in [4.69, 9.17) is 9.26 Å². The fourth-order valence-electron chi connectivity index (χ4n) is 3.53. The van der Waals surface area contributed by atoms with Gasteiger partial charge >= 0.3 is 0 Å². The lowest BCUT2D eigenvalue weighted by Gasteiger charge is -2.25. The zero-order valence-electron chi connectivity index (χ0n) is 17.5. The van der Waals surface area contributed by atoms with Crippen molar-refractivity contribution in [2.45, 2.75) is 45.7 Å². The lowest BCUT2D eigenvalue weighted by molar-refractivity contribution is -0.121. The summed E-state index contributed by atoms with van der Waals surface area (Å²) in [6.45, 7) is 5.74. The number of nitrogens with zero attached hydrogens (tertiary/aromatic N) is 4. The van der Waals surface area contributed by atoms with Gasteiger partial charge in [0.15, 0.2) is 5.65 Å². The first kappa shape index (κ1) is 20.8. The number of aromatic nitrogens is 4. The van der Waals surface area contributed by atoms with Gasteiger partial charge in [-0.1, -0.05) is 5.16 Å². The summed E-state index contributed by atoms with van der Waals surface area (Å²) in [6.07, 6.45) is 4.84. The van der Waals surface area contributed by atoms with Crippen LogP contribution in [0.1, 0.15) is 41.6 Å². The lowest BCUT2D eigenvalue weighted by Crippen LogP contribution is -2.42. The highest BCUT2D eigenvalue weighted by Gasteiger charge is 2.22. The first-order valence-corrected chi connectivity index (χ1v) is 10.2. The molecular weight excluding hydrogens is 402 g/mol. The van der Waals surface area contributed by atoms with Gasteiger partial charge in [-0.25, -0.2) is 9.67 Å². The number of carbonyl (C=O) groups excluding carboxylic acids is 2. The minimum Gasteiger partial charge on any atom is -0.381 e. The lowest BCUT2D eigenvalue weighted by atomic mass is 10.1. The minimum atomic E-state index is -0.477. The van der Waals surface area contributed by atoms with Crippen molar-refractivity contribution < 1.29 is 18.8 Å². The molecule has 1 fully saturated rings.